The second-order valence-corrected chi connectivity index (χ2v) is 6.99. The molecule has 0 N–H and O–H groups in total. The zero-order chi connectivity index (χ0) is 15.8. The van der Waals surface area contributed by atoms with Gasteiger partial charge < -0.3 is 8.98 Å². The smallest absolute Gasteiger partial charge is 0.257 e. The second kappa shape index (κ2) is 5.94. The van der Waals surface area contributed by atoms with E-state index < -0.39 is 0 Å². The highest BCUT2D eigenvalue weighted by atomic mass is 32.1. The summed E-state index contributed by atoms with van der Waals surface area (Å²) in [7, 11) is 2.11. The van der Waals surface area contributed by atoms with Gasteiger partial charge in [0.2, 0.25) is 5.89 Å². The van der Waals surface area contributed by atoms with E-state index in [0.717, 1.165) is 11.4 Å². The van der Waals surface area contributed by atoms with Gasteiger partial charge in [-0.3, -0.25) is 4.90 Å². The molecule has 0 spiro atoms. The molecule has 1 aliphatic rings. The molecule has 0 bridgehead atoms. The van der Waals surface area contributed by atoms with E-state index in [1.165, 1.54) is 18.5 Å². The predicted molar refractivity (Wildman–Crippen MR) is 90.1 cm³/mol. The fraction of sp³-hybridized carbons (Fsp3) is 0.412. The van der Waals surface area contributed by atoms with Crippen LogP contribution >= 0.6 is 11.3 Å². The zero-order valence-corrected chi connectivity index (χ0v) is 14.2. The van der Waals surface area contributed by atoms with E-state index in [2.05, 4.69) is 52.0 Å². The van der Waals surface area contributed by atoms with Crippen molar-refractivity contribution in [2.75, 3.05) is 6.54 Å². The van der Waals surface area contributed by atoms with Gasteiger partial charge in [-0.15, -0.1) is 21.5 Å². The van der Waals surface area contributed by atoms with Gasteiger partial charge in [0.05, 0.1) is 17.0 Å². The number of nitrogens with zero attached hydrogens (tertiary/aromatic N) is 4. The molecule has 4 heterocycles. The van der Waals surface area contributed by atoms with Gasteiger partial charge in [0.15, 0.2) is 0 Å². The first-order valence-electron chi connectivity index (χ1n) is 7.98. The molecule has 0 aromatic carbocycles. The number of aryl methyl sites for hydroxylation is 1. The molecule has 0 radical (unpaired) electrons. The van der Waals surface area contributed by atoms with E-state index >= 15 is 0 Å². The average Bonchev–Trinajstić information content (AvgIpc) is 3.31. The molecule has 3 aromatic heterocycles. The van der Waals surface area contributed by atoms with Crippen molar-refractivity contribution < 1.29 is 4.42 Å². The van der Waals surface area contributed by atoms with Crippen LogP contribution in [-0.4, -0.2) is 26.2 Å². The molecule has 120 valence electrons. The summed E-state index contributed by atoms with van der Waals surface area (Å²) < 4.78 is 8.15. The van der Waals surface area contributed by atoms with Crippen LogP contribution in [0.15, 0.2) is 40.3 Å². The van der Waals surface area contributed by atoms with Crippen LogP contribution in [0, 0.1) is 0 Å². The summed E-state index contributed by atoms with van der Waals surface area (Å²) in [4.78, 5) is 3.50. The van der Waals surface area contributed by atoms with Gasteiger partial charge in [-0.2, -0.15) is 0 Å². The molecule has 5 nitrogen and oxygen atoms in total. The number of thiophene rings is 1. The van der Waals surface area contributed by atoms with E-state index in [-0.39, 0.29) is 6.04 Å². The van der Waals surface area contributed by atoms with Gasteiger partial charge in [0.25, 0.3) is 5.89 Å². The lowest BCUT2D eigenvalue weighted by Gasteiger charge is -2.28. The van der Waals surface area contributed by atoms with Crippen molar-refractivity contribution in [2.45, 2.75) is 31.8 Å². The number of hydrogen-bond acceptors (Lipinski definition) is 5. The zero-order valence-electron chi connectivity index (χ0n) is 13.3. The highest BCUT2D eigenvalue weighted by Crippen LogP contribution is 2.38. The lowest BCUT2D eigenvalue weighted by Crippen LogP contribution is -2.28. The van der Waals surface area contributed by atoms with E-state index in [1.54, 1.807) is 11.3 Å². The molecule has 4 rings (SSSR count). The Bertz CT molecular complexity index is 776. The third-order valence-electron chi connectivity index (χ3n) is 4.65. The van der Waals surface area contributed by atoms with Crippen molar-refractivity contribution in [3.05, 3.63) is 47.4 Å². The standard InChI is InChI=1S/C17H20N4OS/c1-12(16-18-19-17(22-16)15-8-5-11-23-15)21-10-4-7-14(21)13-6-3-9-20(13)2/h3,5-6,8-9,11-12,14H,4,7,10H2,1-2H3/t12-,14-/m1/s1. The summed E-state index contributed by atoms with van der Waals surface area (Å²) in [6.07, 6.45) is 4.48. The Labute approximate surface area is 139 Å². The van der Waals surface area contributed by atoms with Crippen LogP contribution in [-0.2, 0) is 7.05 Å². The van der Waals surface area contributed by atoms with Crippen LogP contribution in [0.5, 0.6) is 0 Å². The first-order chi connectivity index (χ1) is 11.2. The number of aromatic nitrogens is 3. The minimum absolute atomic E-state index is 0.124. The summed E-state index contributed by atoms with van der Waals surface area (Å²) in [5, 5.41) is 10.5. The van der Waals surface area contributed by atoms with Crippen LogP contribution in [0.1, 0.15) is 43.4 Å². The van der Waals surface area contributed by atoms with Gasteiger partial charge in [-0.1, -0.05) is 6.07 Å². The summed E-state index contributed by atoms with van der Waals surface area (Å²) in [6.45, 7) is 3.22. The van der Waals surface area contributed by atoms with Crippen molar-refractivity contribution in [3.8, 4) is 10.8 Å². The molecule has 6 heteroatoms. The van der Waals surface area contributed by atoms with Gasteiger partial charge in [-0.25, -0.2) is 0 Å². The Kier molecular flexibility index (Phi) is 3.79. The summed E-state index contributed by atoms with van der Waals surface area (Å²) in [5.74, 6) is 1.32. The molecule has 0 amide bonds. The molecule has 1 saturated heterocycles. The Morgan fingerprint density at radius 1 is 1.30 bits per heavy atom. The molecule has 23 heavy (non-hydrogen) atoms. The highest BCUT2D eigenvalue weighted by Gasteiger charge is 2.34. The van der Waals surface area contributed by atoms with E-state index in [4.69, 9.17) is 4.42 Å². The van der Waals surface area contributed by atoms with Gasteiger partial charge in [0.1, 0.15) is 0 Å². The van der Waals surface area contributed by atoms with Gasteiger partial charge in [-0.05, 0) is 49.9 Å². The van der Waals surface area contributed by atoms with Crippen molar-refractivity contribution >= 4 is 11.3 Å². The van der Waals surface area contributed by atoms with E-state index in [9.17, 15) is 0 Å². The quantitative estimate of drug-likeness (QED) is 0.725. The van der Waals surface area contributed by atoms with Crippen LogP contribution in [0.25, 0.3) is 10.8 Å². The first kappa shape index (κ1) is 14.7. The Morgan fingerprint density at radius 3 is 2.96 bits per heavy atom. The maximum absolute atomic E-state index is 5.94. The molecule has 1 aliphatic heterocycles. The maximum Gasteiger partial charge on any atom is 0.257 e. The largest absolute Gasteiger partial charge is 0.418 e. The molecule has 0 aliphatic carbocycles. The topological polar surface area (TPSA) is 47.1 Å². The molecule has 2 atom stereocenters. The van der Waals surface area contributed by atoms with Crippen molar-refractivity contribution in [2.24, 2.45) is 7.05 Å². The minimum atomic E-state index is 0.124. The molecular weight excluding hydrogens is 308 g/mol. The molecule has 3 aromatic rings. The van der Waals surface area contributed by atoms with E-state index in [1.807, 2.05) is 17.5 Å². The summed E-state index contributed by atoms with van der Waals surface area (Å²) >= 11 is 1.62. The van der Waals surface area contributed by atoms with Crippen LogP contribution in [0.4, 0.5) is 0 Å². The predicted octanol–water partition coefficient (Wildman–Crippen LogP) is 4.03. The Hall–Kier alpha value is -1.92. The van der Waals surface area contributed by atoms with Crippen LogP contribution < -0.4 is 0 Å². The Morgan fingerprint density at radius 2 is 2.22 bits per heavy atom. The van der Waals surface area contributed by atoms with Gasteiger partial charge >= 0.3 is 0 Å². The fourth-order valence-electron chi connectivity index (χ4n) is 3.44. The molecule has 1 fully saturated rings. The first-order valence-corrected chi connectivity index (χ1v) is 8.86. The van der Waals surface area contributed by atoms with Crippen LogP contribution in [0.3, 0.4) is 0 Å². The summed E-state index contributed by atoms with van der Waals surface area (Å²) in [6, 6.07) is 8.87. The van der Waals surface area contributed by atoms with Crippen molar-refractivity contribution in [1.82, 2.24) is 19.7 Å². The number of likely N-dealkylation sites (tertiary alicyclic amines) is 1. The minimum Gasteiger partial charge on any atom is -0.418 e. The SMILES string of the molecule is C[C@H](c1nnc(-c2cccs2)o1)N1CCC[C@@H]1c1cccn1C. The molecular formula is C17H20N4OS. The van der Waals surface area contributed by atoms with Gasteiger partial charge in [0, 0.05) is 18.9 Å². The summed E-state index contributed by atoms with van der Waals surface area (Å²) in [5.41, 5.74) is 1.35. The molecule has 0 unspecified atom stereocenters. The highest BCUT2D eigenvalue weighted by molar-refractivity contribution is 7.13. The Balaban J connectivity index is 1.58. The third kappa shape index (κ3) is 2.62. The lowest BCUT2D eigenvalue weighted by atomic mass is 10.1. The van der Waals surface area contributed by atoms with Crippen LogP contribution in [0.2, 0.25) is 0 Å². The maximum atomic E-state index is 5.94. The van der Waals surface area contributed by atoms with Crippen molar-refractivity contribution in [1.29, 1.82) is 0 Å². The monoisotopic (exact) mass is 328 g/mol. The average molecular weight is 328 g/mol. The normalized spacial score (nSPS) is 20.2. The fourth-order valence-corrected chi connectivity index (χ4v) is 4.08. The van der Waals surface area contributed by atoms with E-state index in [0.29, 0.717) is 17.8 Å². The number of rotatable bonds is 4. The molecule has 0 saturated carbocycles. The third-order valence-corrected chi connectivity index (χ3v) is 5.50. The second-order valence-electron chi connectivity index (χ2n) is 6.04. The van der Waals surface area contributed by atoms with Crippen molar-refractivity contribution in [3.63, 3.8) is 0 Å². The number of hydrogen-bond donors (Lipinski definition) is 0. The lowest BCUT2D eigenvalue weighted by molar-refractivity contribution is 0.164.